The SMILES string of the molecule is COC1c2c(c(=O)[nH]c(=O)n2C2CC2)C=C(F)C1N1CC(C(O)CO)C2(CC2)C1. The van der Waals surface area contributed by atoms with Gasteiger partial charge in [-0.15, -0.1) is 0 Å². The number of halogens is 1. The van der Waals surface area contributed by atoms with Gasteiger partial charge in [-0.2, -0.15) is 0 Å². The molecular formula is C20H26FN3O5. The third kappa shape index (κ3) is 2.86. The minimum absolute atomic E-state index is 0.00160. The summed E-state index contributed by atoms with van der Waals surface area (Å²) in [5, 5.41) is 19.7. The molecule has 1 aromatic heterocycles. The summed E-state index contributed by atoms with van der Waals surface area (Å²) in [5.41, 5.74) is -0.617. The van der Waals surface area contributed by atoms with E-state index < -0.39 is 35.3 Å². The van der Waals surface area contributed by atoms with E-state index in [1.165, 1.54) is 13.2 Å². The Labute approximate surface area is 166 Å². The highest BCUT2D eigenvalue weighted by atomic mass is 19.1. The number of aliphatic hydroxyl groups excluding tert-OH is 2. The third-order valence-corrected chi connectivity index (χ3v) is 7.18. The molecule has 3 fully saturated rings. The predicted octanol–water partition coefficient (Wildman–Crippen LogP) is 0.317. The Morgan fingerprint density at radius 1 is 1.38 bits per heavy atom. The summed E-state index contributed by atoms with van der Waals surface area (Å²) < 4.78 is 22.6. The van der Waals surface area contributed by atoms with Gasteiger partial charge in [0.25, 0.3) is 5.56 Å². The van der Waals surface area contributed by atoms with Crippen LogP contribution in [0.15, 0.2) is 15.4 Å². The number of hydrogen-bond donors (Lipinski definition) is 3. The second-order valence-electron chi connectivity index (χ2n) is 8.94. The molecule has 29 heavy (non-hydrogen) atoms. The molecular weight excluding hydrogens is 381 g/mol. The van der Waals surface area contributed by atoms with Crippen LogP contribution in [0.3, 0.4) is 0 Å². The van der Waals surface area contributed by atoms with Gasteiger partial charge in [-0.1, -0.05) is 0 Å². The van der Waals surface area contributed by atoms with Crippen molar-refractivity contribution in [1.82, 2.24) is 14.5 Å². The lowest BCUT2D eigenvalue weighted by molar-refractivity contribution is 0.00997. The lowest BCUT2D eigenvalue weighted by atomic mass is 9.88. The number of hydrogen-bond acceptors (Lipinski definition) is 6. The first kappa shape index (κ1) is 19.2. The van der Waals surface area contributed by atoms with Gasteiger partial charge in [0.05, 0.1) is 30.0 Å². The monoisotopic (exact) mass is 407 g/mol. The van der Waals surface area contributed by atoms with E-state index in [1.807, 2.05) is 4.90 Å². The number of likely N-dealkylation sites (tertiary alicyclic amines) is 1. The maximum absolute atomic E-state index is 15.3. The molecule has 0 amide bonds. The summed E-state index contributed by atoms with van der Waals surface area (Å²) in [6.07, 6.45) is 3.12. The zero-order chi connectivity index (χ0) is 20.5. The number of rotatable bonds is 5. The number of aliphatic hydroxyl groups is 2. The molecule has 0 aromatic carbocycles. The zero-order valence-electron chi connectivity index (χ0n) is 16.3. The molecule has 4 unspecified atom stereocenters. The molecule has 5 rings (SSSR count). The van der Waals surface area contributed by atoms with Crippen LogP contribution in [0.25, 0.3) is 6.08 Å². The highest BCUT2D eigenvalue weighted by Crippen LogP contribution is 2.58. The summed E-state index contributed by atoms with van der Waals surface area (Å²) in [5.74, 6) is -0.616. The molecule has 4 aliphatic rings. The maximum atomic E-state index is 15.3. The Morgan fingerprint density at radius 2 is 2.10 bits per heavy atom. The van der Waals surface area contributed by atoms with Crippen molar-refractivity contribution in [2.75, 3.05) is 26.8 Å². The van der Waals surface area contributed by atoms with Crippen LogP contribution >= 0.6 is 0 Å². The van der Waals surface area contributed by atoms with Crippen molar-refractivity contribution in [1.29, 1.82) is 0 Å². The van der Waals surface area contributed by atoms with E-state index in [-0.39, 0.29) is 29.5 Å². The van der Waals surface area contributed by atoms with Crippen LogP contribution in [0.5, 0.6) is 0 Å². The maximum Gasteiger partial charge on any atom is 0.328 e. The van der Waals surface area contributed by atoms with Gasteiger partial charge in [-0.3, -0.25) is 19.2 Å². The van der Waals surface area contributed by atoms with Gasteiger partial charge in [0.2, 0.25) is 0 Å². The number of nitrogens with one attached hydrogen (secondary N) is 1. The summed E-state index contributed by atoms with van der Waals surface area (Å²) in [7, 11) is 1.46. The number of aromatic nitrogens is 2. The second kappa shape index (κ2) is 6.60. The fraction of sp³-hybridized carbons (Fsp3) is 0.700. The summed E-state index contributed by atoms with van der Waals surface area (Å²) in [6.45, 7) is 0.697. The van der Waals surface area contributed by atoms with Gasteiger partial charge < -0.3 is 14.9 Å². The molecule has 9 heteroatoms. The van der Waals surface area contributed by atoms with Crippen molar-refractivity contribution in [3.63, 3.8) is 0 Å². The van der Waals surface area contributed by atoms with Crippen LogP contribution in [-0.4, -0.2) is 63.6 Å². The van der Waals surface area contributed by atoms with Crippen LogP contribution in [0.2, 0.25) is 0 Å². The molecule has 1 aromatic rings. The molecule has 2 heterocycles. The number of H-pyrrole nitrogens is 1. The minimum Gasteiger partial charge on any atom is -0.394 e. The Morgan fingerprint density at radius 3 is 2.69 bits per heavy atom. The van der Waals surface area contributed by atoms with Gasteiger partial charge in [0, 0.05) is 32.2 Å². The molecule has 0 bridgehead atoms. The number of methoxy groups -OCH3 is 1. The van der Waals surface area contributed by atoms with E-state index in [0.29, 0.717) is 18.8 Å². The van der Waals surface area contributed by atoms with Gasteiger partial charge in [0.15, 0.2) is 0 Å². The fourth-order valence-corrected chi connectivity index (χ4v) is 5.42. The molecule has 1 aliphatic heterocycles. The fourth-order valence-electron chi connectivity index (χ4n) is 5.42. The van der Waals surface area contributed by atoms with Gasteiger partial charge in [-0.25, -0.2) is 9.18 Å². The lowest BCUT2D eigenvalue weighted by Gasteiger charge is -2.37. The normalized spacial score (nSPS) is 31.6. The topological polar surface area (TPSA) is 108 Å². The van der Waals surface area contributed by atoms with Crippen LogP contribution in [0.1, 0.15) is 49.1 Å². The highest BCUT2D eigenvalue weighted by molar-refractivity contribution is 5.58. The number of nitrogens with zero attached hydrogens (tertiary/aromatic N) is 2. The van der Waals surface area contributed by atoms with Crippen molar-refractivity contribution in [2.24, 2.45) is 11.3 Å². The lowest BCUT2D eigenvalue weighted by Crippen LogP contribution is -2.46. The van der Waals surface area contributed by atoms with E-state index in [4.69, 9.17) is 4.74 Å². The van der Waals surface area contributed by atoms with Crippen molar-refractivity contribution >= 4 is 6.08 Å². The first-order chi connectivity index (χ1) is 13.9. The molecule has 0 radical (unpaired) electrons. The summed E-state index contributed by atoms with van der Waals surface area (Å²) >= 11 is 0. The molecule has 2 saturated carbocycles. The molecule has 1 saturated heterocycles. The number of fused-ring (bicyclic) bond motifs is 1. The molecule has 3 aliphatic carbocycles. The standard InChI is InChI=1S/C20H26FN3O5/c1-29-17-15-11(18(27)22-19(28)24(15)10-2-3-10)6-13(21)16(17)23-7-12(14(26)8-25)20(9-23)4-5-20/h6,10,12,14,16-17,25-26H,2-5,7-9H2,1H3,(H,22,27,28). The van der Waals surface area contributed by atoms with E-state index in [1.54, 1.807) is 4.57 Å². The summed E-state index contributed by atoms with van der Waals surface area (Å²) in [6, 6.07) is -0.773. The van der Waals surface area contributed by atoms with Crippen molar-refractivity contribution in [3.05, 3.63) is 37.9 Å². The first-order valence-electron chi connectivity index (χ1n) is 10.2. The van der Waals surface area contributed by atoms with Crippen LogP contribution in [0.4, 0.5) is 4.39 Å². The second-order valence-corrected chi connectivity index (χ2v) is 8.94. The van der Waals surface area contributed by atoms with Crippen LogP contribution in [0, 0.1) is 11.3 Å². The Kier molecular flexibility index (Phi) is 4.36. The molecule has 4 atom stereocenters. The molecule has 8 nitrogen and oxygen atoms in total. The van der Waals surface area contributed by atoms with Gasteiger partial charge in [0.1, 0.15) is 11.9 Å². The van der Waals surface area contributed by atoms with Crippen molar-refractivity contribution < 1.29 is 19.3 Å². The third-order valence-electron chi connectivity index (χ3n) is 7.18. The van der Waals surface area contributed by atoms with Gasteiger partial charge >= 0.3 is 5.69 Å². The first-order valence-corrected chi connectivity index (χ1v) is 10.2. The van der Waals surface area contributed by atoms with E-state index in [0.717, 1.165) is 25.7 Å². The van der Waals surface area contributed by atoms with Crippen molar-refractivity contribution in [2.45, 2.75) is 50.0 Å². The minimum atomic E-state index is -0.848. The average Bonchev–Trinajstić information content (AvgIpc) is 3.60. The van der Waals surface area contributed by atoms with Crippen LogP contribution in [-0.2, 0) is 4.74 Å². The summed E-state index contributed by atoms with van der Waals surface area (Å²) in [4.78, 5) is 29.2. The number of aromatic amines is 1. The van der Waals surface area contributed by atoms with E-state index in [9.17, 15) is 19.8 Å². The Bertz CT molecular complexity index is 977. The average molecular weight is 407 g/mol. The molecule has 158 valence electrons. The highest BCUT2D eigenvalue weighted by Gasteiger charge is 2.59. The predicted molar refractivity (Wildman–Crippen MR) is 102 cm³/mol. The van der Waals surface area contributed by atoms with Crippen molar-refractivity contribution in [3.8, 4) is 0 Å². The Hall–Kier alpha value is -1.81. The number of ether oxygens (including phenoxy) is 1. The largest absolute Gasteiger partial charge is 0.394 e. The zero-order valence-corrected chi connectivity index (χ0v) is 16.3. The quantitative estimate of drug-likeness (QED) is 0.649. The smallest absolute Gasteiger partial charge is 0.328 e. The van der Waals surface area contributed by atoms with E-state index in [2.05, 4.69) is 4.98 Å². The van der Waals surface area contributed by atoms with E-state index >= 15 is 4.39 Å². The Balaban J connectivity index is 1.58. The molecule has 3 N–H and O–H groups in total. The van der Waals surface area contributed by atoms with Crippen LogP contribution < -0.4 is 11.2 Å². The molecule has 1 spiro atoms. The van der Waals surface area contributed by atoms with Gasteiger partial charge in [-0.05, 0) is 37.2 Å².